The average Bonchev–Trinajstić information content (AvgIpc) is 2.80. The van der Waals surface area contributed by atoms with E-state index in [4.69, 9.17) is 14.3 Å². The Morgan fingerprint density at radius 3 is 2.27 bits per heavy atom. The summed E-state index contributed by atoms with van der Waals surface area (Å²) in [4.78, 5) is 41.4. The third-order valence-electron chi connectivity index (χ3n) is 4.76. The molecule has 0 saturated carbocycles. The minimum absolute atomic E-state index is 0.0412. The topological polar surface area (TPSA) is 140 Å². The molecule has 2 rings (SSSR count). The number of hydrogen-bond acceptors (Lipinski definition) is 8. The van der Waals surface area contributed by atoms with E-state index in [-0.39, 0.29) is 23.2 Å². The van der Waals surface area contributed by atoms with E-state index < -0.39 is 40.0 Å². The van der Waals surface area contributed by atoms with Crippen LogP contribution in [0.5, 0.6) is 5.75 Å². The van der Waals surface area contributed by atoms with E-state index in [0.29, 0.717) is 5.69 Å². The smallest absolute Gasteiger partial charge is 0.308 e. The number of anilines is 1. The molecule has 0 saturated heterocycles. The highest BCUT2D eigenvalue weighted by atomic mass is 32.2. The number of carbonyl (C=O) groups is 3. The first kappa shape index (κ1) is 29.7. The Balaban J connectivity index is 2.42. The van der Waals surface area contributed by atoms with Gasteiger partial charge in [-0.1, -0.05) is 30.3 Å². The number of rotatable bonds is 11. The SMILES string of the molecule is CON(C)C(=O)C(CC(=O)OC(C)(C)C)NS(=O)(=O)c1ccc(NC(C)=O)cc1OCc1ccccc1. The molecule has 202 valence electrons. The number of likely N-dealkylation sites (N-methyl/N-ethyl adjacent to an activating group) is 1. The normalized spacial score (nSPS) is 12.4. The van der Waals surface area contributed by atoms with Gasteiger partial charge in [0.1, 0.15) is 28.9 Å². The van der Waals surface area contributed by atoms with Crippen LogP contribution in [0.1, 0.15) is 39.7 Å². The zero-order valence-electron chi connectivity index (χ0n) is 21.7. The van der Waals surface area contributed by atoms with Gasteiger partial charge in [0.05, 0.1) is 13.5 Å². The van der Waals surface area contributed by atoms with Gasteiger partial charge < -0.3 is 14.8 Å². The van der Waals surface area contributed by atoms with E-state index in [9.17, 15) is 22.8 Å². The molecule has 37 heavy (non-hydrogen) atoms. The molecule has 1 atom stereocenters. The molecule has 0 aliphatic rings. The molecular weight excluding hydrogens is 502 g/mol. The summed E-state index contributed by atoms with van der Waals surface area (Å²) in [6.45, 7) is 6.32. The molecule has 0 aromatic heterocycles. The summed E-state index contributed by atoms with van der Waals surface area (Å²) in [5.41, 5.74) is 0.257. The van der Waals surface area contributed by atoms with Crippen LogP contribution in [0, 0.1) is 0 Å². The summed E-state index contributed by atoms with van der Waals surface area (Å²) < 4.78 is 40.2. The summed E-state index contributed by atoms with van der Waals surface area (Å²) in [6, 6.07) is 11.5. The van der Waals surface area contributed by atoms with Crippen LogP contribution in [0.4, 0.5) is 5.69 Å². The molecule has 2 amide bonds. The summed E-state index contributed by atoms with van der Waals surface area (Å²) in [6.07, 6.45) is -0.576. The molecule has 0 aliphatic carbocycles. The van der Waals surface area contributed by atoms with Crippen LogP contribution >= 0.6 is 0 Å². The van der Waals surface area contributed by atoms with Crippen molar-refractivity contribution < 1.29 is 37.1 Å². The highest BCUT2D eigenvalue weighted by Crippen LogP contribution is 2.29. The van der Waals surface area contributed by atoms with Crippen LogP contribution in [0.3, 0.4) is 0 Å². The first-order valence-electron chi connectivity index (χ1n) is 11.4. The predicted octanol–water partition coefficient (Wildman–Crippen LogP) is 2.62. The van der Waals surface area contributed by atoms with Crippen molar-refractivity contribution in [3.8, 4) is 5.75 Å². The van der Waals surface area contributed by atoms with Crippen LogP contribution in [-0.2, 0) is 40.6 Å². The number of amides is 2. The minimum atomic E-state index is -4.41. The number of ether oxygens (including phenoxy) is 2. The number of hydroxylamine groups is 2. The molecule has 2 aromatic carbocycles. The Morgan fingerprint density at radius 1 is 1.05 bits per heavy atom. The maximum absolute atomic E-state index is 13.4. The van der Waals surface area contributed by atoms with Gasteiger partial charge in [-0.3, -0.25) is 19.2 Å². The number of hydrogen-bond donors (Lipinski definition) is 2. The lowest BCUT2D eigenvalue weighted by atomic mass is 10.1. The van der Waals surface area contributed by atoms with Gasteiger partial charge in [0, 0.05) is 25.7 Å². The Morgan fingerprint density at radius 2 is 1.70 bits per heavy atom. The summed E-state index contributed by atoms with van der Waals surface area (Å²) in [5, 5.41) is 3.39. The Bertz CT molecular complexity index is 1210. The molecule has 1 unspecified atom stereocenters. The van der Waals surface area contributed by atoms with Crippen LogP contribution in [0.15, 0.2) is 53.4 Å². The van der Waals surface area contributed by atoms with Gasteiger partial charge in [0.2, 0.25) is 15.9 Å². The fourth-order valence-electron chi connectivity index (χ4n) is 3.15. The van der Waals surface area contributed by atoms with Gasteiger partial charge in [-0.15, -0.1) is 0 Å². The lowest BCUT2D eigenvalue weighted by molar-refractivity contribution is -0.173. The van der Waals surface area contributed by atoms with Crippen molar-refractivity contribution >= 4 is 33.5 Å². The molecule has 0 fully saturated rings. The van der Waals surface area contributed by atoms with Gasteiger partial charge in [-0.25, -0.2) is 13.5 Å². The third kappa shape index (κ3) is 9.48. The quantitative estimate of drug-likeness (QED) is 0.331. The molecule has 2 N–H and O–H groups in total. The maximum atomic E-state index is 13.4. The first-order valence-corrected chi connectivity index (χ1v) is 12.8. The lowest BCUT2D eigenvalue weighted by Crippen LogP contribution is -2.48. The Hall–Kier alpha value is -3.48. The zero-order chi connectivity index (χ0) is 27.8. The molecule has 2 aromatic rings. The largest absolute Gasteiger partial charge is 0.487 e. The predicted molar refractivity (Wildman–Crippen MR) is 136 cm³/mol. The Kier molecular flexibility index (Phi) is 10.2. The van der Waals surface area contributed by atoms with Crippen molar-refractivity contribution in [3.63, 3.8) is 0 Å². The van der Waals surface area contributed by atoms with E-state index in [0.717, 1.165) is 10.6 Å². The number of nitrogens with zero attached hydrogens (tertiary/aromatic N) is 1. The third-order valence-corrected chi connectivity index (χ3v) is 6.27. The Labute approximate surface area is 217 Å². The van der Waals surface area contributed by atoms with Crippen molar-refractivity contribution in [1.82, 2.24) is 9.79 Å². The van der Waals surface area contributed by atoms with Crippen LogP contribution in [-0.4, -0.2) is 57.1 Å². The second-order valence-corrected chi connectivity index (χ2v) is 10.8. The van der Waals surface area contributed by atoms with Gasteiger partial charge in [-0.05, 0) is 38.5 Å². The highest BCUT2D eigenvalue weighted by molar-refractivity contribution is 7.89. The van der Waals surface area contributed by atoms with E-state index in [1.54, 1.807) is 32.9 Å². The summed E-state index contributed by atoms with van der Waals surface area (Å²) >= 11 is 0. The number of nitrogens with one attached hydrogen (secondary N) is 2. The monoisotopic (exact) mass is 535 g/mol. The number of carbonyl (C=O) groups excluding carboxylic acids is 3. The standard InChI is InChI=1S/C25H33N3O8S/c1-17(29)26-19-12-13-22(21(14-19)35-16-18-10-8-7-9-11-18)37(32,33)27-20(24(31)28(5)34-6)15-23(30)36-25(2,3)4/h7-14,20,27H,15-16H2,1-6H3,(H,26,29). The molecule has 0 radical (unpaired) electrons. The van der Waals surface area contributed by atoms with Gasteiger partial charge in [-0.2, -0.15) is 4.72 Å². The second kappa shape index (κ2) is 12.7. The van der Waals surface area contributed by atoms with Gasteiger partial charge in [0.25, 0.3) is 5.91 Å². The van der Waals surface area contributed by atoms with Crippen LogP contribution < -0.4 is 14.8 Å². The van der Waals surface area contributed by atoms with Gasteiger partial charge in [0.15, 0.2) is 0 Å². The molecule has 11 nitrogen and oxygen atoms in total. The van der Waals surface area contributed by atoms with E-state index in [2.05, 4.69) is 10.0 Å². The van der Waals surface area contributed by atoms with Crippen molar-refractivity contribution in [2.45, 2.75) is 57.3 Å². The molecule has 0 aliphatic heterocycles. The van der Waals surface area contributed by atoms with Crippen LogP contribution in [0.2, 0.25) is 0 Å². The number of esters is 1. The van der Waals surface area contributed by atoms with Crippen molar-refractivity contribution in [2.24, 2.45) is 0 Å². The molecule has 12 heteroatoms. The van der Waals surface area contributed by atoms with Crippen molar-refractivity contribution in [1.29, 1.82) is 0 Å². The van der Waals surface area contributed by atoms with E-state index in [1.807, 2.05) is 18.2 Å². The fraction of sp³-hybridized carbons (Fsp3) is 0.400. The van der Waals surface area contributed by atoms with Crippen LogP contribution in [0.25, 0.3) is 0 Å². The lowest BCUT2D eigenvalue weighted by Gasteiger charge is -2.25. The summed E-state index contributed by atoms with van der Waals surface area (Å²) in [5.74, 6) is -2.00. The van der Waals surface area contributed by atoms with E-state index >= 15 is 0 Å². The molecule has 0 heterocycles. The fourth-order valence-corrected chi connectivity index (χ4v) is 4.46. The first-order chi connectivity index (χ1) is 17.2. The second-order valence-electron chi connectivity index (χ2n) is 9.10. The van der Waals surface area contributed by atoms with Crippen molar-refractivity contribution in [2.75, 3.05) is 19.5 Å². The van der Waals surface area contributed by atoms with Gasteiger partial charge >= 0.3 is 5.97 Å². The van der Waals surface area contributed by atoms with Crippen molar-refractivity contribution in [3.05, 3.63) is 54.1 Å². The molecule has 0 bridgehead atoms. The zero-order valence-corrected chi connectivity index (χ0v) is 22.5. The molecular formula is C25H33N3O8S. The average molecular weight is 536 g/mol. The van der Waals surface area contributed by atoms with E-state index in [1.165, 1.54) is 39.3 Å². The molecule has 0 spiro atoms. The number of sulfonamides is 1. The minimum Gasteiger partial charge on any atom is -0.487 e. The highest BCUT2D eigenvalue weighted by Gasteiger charge is 2.33. The maximum Gasteiger partial charge on any atom is 0.308 e. The number of benzene rings is 2. The summed E-state index contributed by atoms with van der Waals surface area (Å²) in [7, 11) is -1.90.